The van der Waals surface area contributed by atoms with Crippen molar-refractivity contribution in [3.05, 3.63) is 45.8 Å². The summed E-state index contributed by atoms with van der Waals surface area (Å²) in [4.78, 5) is 22.2. The molecule has 166 valence electrons. The number of rotatable bonds is 7. The topological polar surface area (TPSA) is 83.8 Å². The van der Waals surface area contributed by atoms with E-state index in [1.54, 1.807) is 27.7 Å². The van der Waals surface area contributed by atoms with E-state index in [0.29, 0.717) is 30.3 Å². The molecule has 2 N–H and O–H groups in total. The molecule has 1 heterocycles. The fraction of sp³-hybridized carbons (Fsp3) is 0.583. The number of carbonyl (C=O) groups is 2. The van der Waals surface area contributed by atoms with Crippen molar-refractivity contribution in [3.63, 3.8) is 0 Å². The van der Waals surface area contributed by atoms with Gasteiger partial charge in [-0.3, -0.25) is 9.59 Å². The third kappa shape index (κ3) is 4.96. The van der Waals surface area contributed by atoms with Gasteiger partial charge in [-0.25, -0.2) is 0 Å². The number of ketones is 1. The predicted octanol–water partition coefficient (Wildman–Crippen LogP) is 4.89. The Kier molecular flexibility index (Phi) is 7.54. The third-order valence-corrected chi connectivity index (χ3v) is 6.81. The Morgan fingerprint density at radius 1 is 1.27 bits per heavy atom. The molecular formula is C24H33ClO5. The van der Waals surface area contributed by atoms with Gasteiger partial charge in [0.2, 0.25) is 0 Å². The summed E-state index contributed by atoms with van der Waals surface area (Å²) in [6.45, 7) is 10.9. The number of Topliss-reactive ketones (excluding diaryl/α,β-unsaturated/α-hetero) is 1. The lowest BCUT2D eigenvalue weighted by molar-refractivity contribution is -0.129. The van der Waals surface area contributed by atoms with Crippen LogP contribution < -0.4 is 0 Å². The Morgan fingerprint density at radius 3 is 2.43 bits per heavy atom. The lowest BCUT2D eigenvalue weighted by Gasteiger charge is -2.36. The van der Waals surface area contributed by atoms with Gasteiger partial charge in [0.15, 0.2) is 12.1 Å². The van der Waals surface area contributed by atoms with Crippen molar-refractivity contribution in [1.29, 1.82) is 0 Å². The van der Waals surface area contributed by atoms with Crippen molar-refractivity contribution in [2.45, 2.75) is 89.9 Å². The normalized spacial score (nSPS) is 30.3. The standard InChI is InChI=1S/C24H33ClO5/c1-14(8-7-9-15(2)19-12-20(27)23(4,5)30-19)10-11-17-21(28)18(13-26)16(3)24(6,25)22(17)29/h9-10,13,19,22,28-29H,7-8,11-12H2,1-6H3/b14-10+,15-9+/t19-,22?,24?/m0/s1. The second-order valence-corrected chi connectivity index (χ2v) is 9.78. The van der Waals surface area contributed by atoms with Gasteiger partial charge in [-0.1, -0.05) is 17.7 Å². The summed E-state index contributed by atoms with van der Waals surface area (Å²) in [5.41, 5.74) is 2.39. The van der Waals surface area contributed by atoms with Gasteiger partial charge in [0.25, 0.3) is 0 Å². The van der Waals surface area contributed by atoms with Crippen LogP contribution in [0.25, 0.3) is 0 Å². The first-order chi connectivity index (χ1) is 13.8. The van der Waals surface area contributed by atoms with Crippen LogP contribution in [0.3, 0.4) is 0 Å². The van der Waals surface area contributed by atoms with Gasteiger partial charge < -0.3 is 14.9 Å². The average molecular weight is 437 g/mol. The second kappa shape index (κ2) is 9.21. The molecule has 3 atom stereocenters. The lowest BCUT2D eigenvalue weighted by Crippen LogP contribution is -2.41. The van der Waals surface area contributed by atoms with Crippen molar-refractivity contribution in [2.24, 2.45) is 0 Å². The van der Waals surface area contributed by atoms with Crippen molar-refractivity contribution >= 4 is 23.7 Å². The number of allylic oxidation sites excluding steroid dienone is 4. The largest absolute Gasteiger partial charge is 0.507 e. The zero-order valence-corrected chi connectivity index (χ0v) is 19.5. The Hall–Kier alpha value is -1.69. The van der Waals surface area contributed by atoms with E-state index in [1.807, 2.05) is 19.9 Å². The van der Waals surface area contributed by atoms with E-state index in [4.69, 9.17) is 16.3 Å². The Bertz CT molecular complexity index is 842. The molecule has 0 saturated carbocycles. The van der Waals surface area contributed by atoms with E-state index in [1.165, 1.54) is 0 Å². The molecule has 2 aliphatic rings. The summed E-state index contributed by atoms with van der Waals surface area (Å²) >= 11 is 6.46. The van der Waals surface area contributed by atoms with Crippen LogP contribution in [0.1, 0.15) is 67.2 Å². The number of hydrogen-bond donors (Lipinski definition) is 2. The maximum atomic E-state index is 12.0. The monoisotopic (exact) mass is 436 g/mol. The van der Waals surface area contributed by atoms with Crippen LogP contribution in [0.5, 0.6) is 0 Å². The first-order valence-electron chi connectivity index (χ1n) is 10.3. The molecule has 6 heteroatoms. The van der Waals surface area contributed by atoms with E-state index in [-0.39, 0.29) is 23.2 Å². The van der Waals surface area contributed by atoms with Gasteiger partial charge in [-0.15, -0.1) is 11.6 Å². The molecule has 30 heavy (non-hydrogen) atoms. The van der Waals surface area contributed by atoms with E-state index in [2.05, 4.69) is 6.08 Å². The van der Waals surface area contributed by atoms with Crippen LogP contribution >= 0.6 is 11.6 Å². The quantitative estimate of drug-likeness (QED) is 0.337. The fourth-order valence-electron chi connectivity index (χ4n) is 3.80. The number of aliphatic hydroxyl groups is 2. The summed E-state index contributed by atoms with van der Waals surface area (Å²) < 4.78 is 5.84. The van der Waals surface area contributed by atoms with Crippen LogP contribution in [0.2, 0.25) is 0 Å². The highest BCUT2D eigenvalue weighted by Gasteiger charge is 2.42. The summed E-state index contributed by atoms with van der Waals surface area (Å²) in [5.74, 6) is -0.0562. The van der Waals surface area contributed by atoms with Crippen molar-refractivity contribution in [3.8, 4) is 0 Å². The van der Waals surface area contributed by atoms with E-state index in [9.17, 15) is 19.8 Å². The number of alkyl halides is 1. The molecule has 2 rings (SSSR count). The smallest absolute Gasteiger partial charge is 0.167 e. The van der Waals surface area contributed by atoms with E-state index >= 15 is 0 Å². The van der Waals surface area contributed by atoms with E-state index < -0.39 is 16.6 Å². The molecule has 1 aliphatic heterocycles. The number of halogens is 1. The minimum Gasteiger partial charge on any atom is -0.507 e. The first kappa shape index (κ1) is 24.6. The van der Waals surface area contributed by atoms with Gasteiger partial charge in [0.05, 0.1) is 16.6 Å². The molecule has 2 unspecified atom stereocenters. The molecule has 1 aliphatic carbocycles. The van der Waals surface area contributed by atoms with Crippen LogP contribution in [-0.4, -0.2) is 45.0 Å². The van der Waals surface area contributed by atoms with Crippen LogP contribution in [0.15, 0.2) is 45.8 Å². The zero-order valence-electron chi connectivity index (χ0n) is 18.7. The molecule has 0 bridgehead atoms. The molecule has 1 saturated heterocycles. The predicted molar refractivity (Wildman–Crippen MR) is 119 cm³/mol. The summed E-state index contributed by atoms with van der Waals surface area (Å²) in [6, 6.07) is 0. The molecule has 5 nitrogen and oxygen atoms in total. The zero-order chi connectivity index (χ0) is 22.9. The lowest BCUT2D eigenvalue weighted by atomic mass is 9.79. The van der Waals surface area contributed by atoms with Crippen LogP contribution in [0.4, 0.5) is 0 Å². The molecular weight excluding hydrogens is 404 g/mol. The first-order valence-corrected chi connectivity index (χ1v) is 10.7. The van der Waals surface area contributed by atoms with Crippen molar-refractivity contribution in [2.75, 3.05) is 0 Å². The van der Waals surface area contributed by atoms with Gasteiger partial charge >= 0.3 is 0 Å². The van der Waals surface area contributed by atoms with Crippen molar-refractivity contribution < 1.29 is 24.5 Å². The summed E-state index contributed by atoms with van der Waals surface area (Å²) in [7, 11) is 0. The van der Waals surface area contributed by atoms with Crippen molar-refractivity contribution in [1.82, 2.24) is 0 Å². The molecule has 1 fully saturated rings. The number of aliphatic hydroxyl groups excluding tert-OH is 2. The number of carbonyl (C=O) groups excluding carboxylic acids is 2. The Balaban J connectivity index is 2.02. The Labute approximate surface area is 184 Å². The molecule has 0 aromatic carbocycles. The third-order valence-electron chi connectivity index (χ3n) is 6.32. The number of ether oxygens (including phenoxy) is 1. The van der Waals surface area contributed by atoms with Gasteiger partial charge in [0, 0.05) is 12.0 Å². The highest BCUT2D eigenvalue weighted by molar-refractivity contribution is 6.27. The number of hydrogen-bond acceptors (Lipinski definition) is 5. The molecule has 0 aromatic heterocycles. The minimum atomic E-state index is -1.13. The minimum absolute atomic E-state index is 0.126. The Morgan fingerprint density at radius 2 is 1.90 bits per heavy atom. The van der Waals surface area contributed by atoms with Gasteiger partial charge in [-0.05, 0) is 72.0 Å². The molecule has 0 spiro atoms. The van der Waals surface area contributed by atoms with Crippen LogP contribution in [-0.2, 0) is 14.3 Å². The van der Waals surface area contributed by atoms with E-state index in [0.717, 1.165) is 24.0 Å². The second-order valence-electron chi connectivity index (χ2n) is 8.99. The number of aldehydes is 1. The average Bonchev–Trinajstić information content (AvgIpc) is 2.94. The maximum absolute atomic E-state index is 12.0. The highest BCUT2D eigenvalue weighted by Crippen LogP contribution is 2.41. The molecule has 0 radical (unpaired) electrons. The van der Waals surface area contributed by atoms with Gasteiger partial charge in [-0.2, -0.15) is 0 Å². The maximum Gasteiger partial charge on any atom is 0.167 e. The molecule has 0 aromatic rings. The summed E-state index contributed by atoms with van der Waals surface area (Å²) in [6.07, 6.45) is 5.69. The highest BCUT2D eigenvalue weighted by atomic mass is 35.5. The SMILES string of the molecule is CC1=C(C=O)C(O)=C(C/C=C(\C)CC/C=C(\C)[C@@H]2CC(=O)C(C)(C)O2)C(O)C1(C)Cl. The fourth-order valence-corrected chi connectivity index (χ4v) is 4.04. The van der Waals surface area contributed by atoms with Crippen LogP contribution in [0, 0.1) is 0 Å². The summed E-state index contributed by atoms with van der Waals surface area (Å²) in [5, 5.41) is 21.1. The van der Waals surface area contributed by atoms with Gasteiger partial charge in [0.1, 0.15) is 17.5 Å². The molecule has 0 amide bonds.